The average molecular weight is 405 g/mol. The van der Waals surface area contributed by atoms with Gasteiger partial charge in [-0.2, -0.15) is 0 Å². The molecular formula is C29H24O2. The summed E-state index contributed by atoms with van der Waals surface area (Å²) in [5, 5.41) is 4.51. The Morgan fingerprint density at radius 1 is 0.677 bits per heavy atom. The minimum absolute atomic E-state index is 0.0738. The molecule has 0 aromatic heterocycles. The van der Waals surface area contributed by atoms with Crippen LogP contribution in [0.4, 0.5) is 0 Å². The topological polar surface area (TPSA) is 26.3 Å². The molecule has 2 heteroatoms. The molecular weight excluding hydrogens is 380 g/mol. The van der Waals surface area contributed by atoms with Crippen molar-refractivity contribution >= 4 is 27.5 Å². The molecule has 0 atom stereocenters. The van der Waals surface area contributed by atoms with E-state index in [2.05, 4.69) is 48.2 Å². The second kappa shape index (κ2) is 8.66. The molecule has 0 unspecified atom stereocenters. The van der Waals surface area contributed by atoms with Crippen LogP contribution in [0.15, 0.2) is 78.9 Å². The van der Waals surface area contributed by atoms with E-state index in [1.165, 1.54) is 17.2 Å². The molecule has 1 fully saturated rings. The summed E-state index contributed by atoms with van der Waals surface area (Å²) >= 11 is 0. The van der Waals surface area contributed by atoms with E-state index < -0.39 is 0 Å². The molecule has 1 aliphatic rings. The van der Waals surface area contributed by atoms with Crippen LogP contribution in [0.2, 0.25) is 0 Å². The molecule has 0 radical (unpaired) electrons. The summed E-state index contributed by atoms with van der Waals surface area (Å²) < 4.78 is 5.71. The highest BCUT2D eigenvalue weighted by molar-refractivity contribution is 5.95. The lowest BCUT2D eigenvalue weighted by Crippen LogP contribution is -2.20. The van der Waals surface area contributed by atoms with Gasteiger partial charge >= 0.3 is 5.97 Å². The maximum absolute atomic E-state index is 12.5. The van der Waals surface area contributed by atoms with Gasteiger partial charge in [-0.3, -0.25) is 0 Å². The Morgan fingerprint density at radius 2 is 1.26 bits per heavy atom. The minimum Gasteiger partial charge on any atom is -0.459 e. The van der Waals surface area contributed by atoms with Crippen LogP contribution in [0, 0.1) is 11.8 Å². The Hall–Kier alpha value is -3.57. The van der Waals surface area contributed by atoms with Gasteiger partial charge in [0.2, 0.25) is 0 Å². The van der Waals surface area contributed by atoms with Gasteiger partial charge in [0.1, 0.15) is 6.10 Å². The van der Waals surface area contributed by atoms with Crippen LogP contribution in [0.5, 0.6) is 0 Å². The molecule has 0 heterocycles. The van der Waals surface area contributed by atoms with Gasteiger partial charge in [0, 0.05) is 11.1 Å². The van der Waals surface area contributed by atoms with Crippen molar-refractivity contribution in [3.8, 4) is 11.8 Å². The van der Waals surface area contributed by atoms with Crippen molar-refractivity contribution in [3.05, 3.63) is 95.6 Å². The number of benzene rings is 4. The monoisotopic (exact) mass is 404 g/mol. The molecule has 0 spiro atoms. The highest BCUT2D eigenvalue weighted by Gasteiger charge is 2.18. The van der Waals surface area contributed by atoms with Crippen LogP contribution < -0.4 is 0 Å². The summed E-state index contributed by atoms with van der Waals surface area (Å²) in [6, 6.07) is 26.4. The van der Waals surface area contributed by atoms with Gasteiger partial charge in [0.05, 0.1) is 5.56 Å². The van der Waals surface area contributed by atoms with Crippen LogP contribution in [0.25, 0.3) is 21.5 Å². The van der Waals surface area contributed by atoms with Crippen LogP contribution >= 0.6 is 0 Å². The number of rotatable bonds is 2. The van der Waals surface area contributed by atoms with Crippen LogP contribution in [0.3, 0.4) is 0 Å². The molecule has 1 saturated carbocycles. The zero-order chi connectivity index (χ0) is 21.0. The number of ether oxygens (including phenoxy) is 1. The summed E-state index contributed by atoms with van der Waals surface area (Å²) in [5.74, 6) is 6.32. The first-order chi connectivity index (χ1) is 15.2. The fraction of sp³-hybridized carbons (Fsp3) is 0.207. The third kappa shape index (κ3) is 4.47. The highest BCUT2D eigenvalue weighted by atomic mass is 16.5. The molecule has 4 aromatic carbocycles. The van der Waals surface area contributed by atoms with Crippen molar-refractivity contribution in [3.63, 3.8) is 0 Å². The molecule has 1 aliphatic carbocycles. The van der Waals surface area contributed by atoms with Crippen molar-refractivity contribution in [1.82, 2.24) is 0 Å². The molecule has 0 N–H and O–H groups in total. The van der Waals surface area contributed by atoms with E-state index in [0.717, 1.165) is 47.6 Å². The van der Waals surface area contributed by atoms with Gasteiger partial charge in [-0.1, -0.05) is 60.7 Å². The summed E-state index contributed by atoms with van der Waals surface area (Å²) in [6.45, 7) is 0. The molecule has 31 heavy (non-hydrogen) atoms. The lowest BCUT2D eigenvalue weighted by Gasteiger charge is -2.21. The molecule has 0 saturated heterocycles. The van der Waals surface area contributed by atoms with Gasteiger partial charge in [-0.15, -0.1) is 0 Å². The first-order valence-corrected chi connectivity index (χ1v) is 11.0. The molecule has 4 aromatic rings. The SMILES string of the molecule is O=C(OC1CCCCC1)c1ccc2cc(C#Cc3ccc4ccccc4c3)ccc2c1. The first-order valence-electron chi connectivity index (χ1n) is 11.0. The number of hydrogen-bond donors (Lipinski definition) is 0. The van der Waals surface area contributed by atoms with Gasteiger partial charge in [-0.25, -0.2) is 4.79 Å². The largest absolute Gasteiger partial charge is 0.459 e. The summed E-state index contributed by atoms with van der Waals surface area (Å²) in [5.41, 5.74) is 2.57. The maximum Gasteiger partial charge on any atom is 0.338 e. The van der Waals surface area contributed by atoms with Crippen molar-refractivity contribution in [2.45, 2.75) is 38.2 Å². The Balaban J connectivity index is 1.35. The molecule has 0 aliphatic heterocycles. The zero-order valence-corrected chi connectivity index (χ0v) is 17.4. The van der Waals surface area contributed by atoms with Crippen molar-refractivity contribution < 1.29 is 9.53 Å². The van der Waals surface area contributed by atoms with Gasteiger partial charge in [0.25, 0.3) is 0 Å². The quantitative estimate of drug-likeness (QED) is 0.269. The Kier molecular flexibility index (Phi) is 5.42. The van der Waals surface area contributed by atoms with E-state index in [4.69, 9.17) is 4.74 Å². The smallest absolute Gasteiger partial charge is 0.338 e. The third-order valence-electron chi connectivity index (χ3n) is 6.00. The second-order valence-electron chi connectivity index (χ2n) is 8.25. The maximum atomic E-state index is 12.5. The van der Waals surface area contributed by atoms with E-state index in [-0.39, 0.29) is 12.1 Å². The second-order valence-corrected chi connectivity index (χ2v) is 8.25. The van der Waals surface area contributed by atoms with Crippen LogP contribution in [-0.4, -0.2) is 12.1 Å². The molecule has 5 rings (SSSR count). The molecule has 0 amide bonds. The predicted molar refractivity (Wildman–Crippen MR) is 126 cm³/mol. The third-order valence-corrected chi connectivity index (χ3v) is 6.00. The molecule has 2 nitrogen and oxygen atoms in total. The van der Waals surface area contributed by atoms with Gasteiger partial charge in [0.15, 0.2) is 0 Å². The normalized spacial score (nSPS) is 14.2. The van der Waals surface area contributed by atoms with Crippen molar-refractivity contribution in [2.24, 2.45) is 0 Å². The fourth-order valence-electron chi connectivity index (χ4n) is 4.26. The number of carbonyl (C=O) groups is 1. The predicted octanol–water partition coefficient (Wildman–Crippen LogP) is 6.88. The summed E-state index contributed by atoms with van der Waals surface area (Å²) in [6.07, 6.45) is 5.59. The Morgan fingerprint density at radius 3 is 2.00 bits per heavy atom. The summed E-state index contributed by atoms with van der Waals surface area (Å²) in [7, 11) is 0. The number of fused-ring (bicyclic) bond motifs is 2. The fourth-order valence-corrected chi connectivity index (χ4v) is 4.26. The van der Waals surface area contributed by atoms with E-state index in [9.17, 15) is 4.79 Å². The lowest BCUT2D eigenvalue weighted by atomic mass is 9.97. The minimum atomic E-state index is -0.214. The highest BCUT2D eigenvalue weighted by Crippen LogP contribution is 2.23. The average Bonchev–Trinajstić information content (AvgIpc) is 2.82. The summed E-state index contributed by atoms with van der Waals surface area (Å²) in [4.78, 5) is 12.5. The van der Waals surface area contributed by atoms with Gasteiger partial charge in [-0.05, 0) is 83.6 Å². The number of esters is 1. The zero-order valence-electron chi connectivity index (χ0n) is 17.4. The molecule has 152 valence electrons. The van der Waals surface area contributed by atoms with Crippen molar-refractivity contribution in [1.29, 1.82) is 0 Å². The standard InChI is InChI=1S/C29H24O2/c30-29(31-28-8-2-1-3-9-28)27-17-16-25-19-22(13-15-26(25)20-27)11-10-21-12-14-23-6-4-5-7-24(23)18-21/h4-7,12-20,28H,1-3,8-9H2. The van der Waals surface area contributed by atoms with Crippen LogP contribution in [0.1, 0.15) is 53.6 Å². The Bertz CT molecular complexity index is 1320. The first kappa shape index (κ1) is 19.4. The van der Waals surface area contributed by atoms with Crippen LogP contribution in [-0.2, 0) is 4.74 Å². The van der Waals surface area contributed by atoms with E-state index >= 15 is 0 Å². The molecule has 0 bridgehead atoms. The number of carbonyl (C=O) groups excluding carboxylic acids is 1. The van der Waals surface area contributed by atoms with E-state index in [0.29, 0.717) is 5.56 Å². The van der Waals surface area contributed by atoms with Crippen molar-refractivity contribution in [2.75, 3.05) is 0 Å². The van der Waals surface area contributed by atoms with E-state index in [1.54, 1.807) is 0 Å². The Labute approximate surface area is 182 Å². The van der Waals surface area contributed by atoms with E-state index in [1.807, 2.05) is 42.5 Å². The lowest BCUT2D eigenvalue weighted by molar-refractivity contribution is 0.0211. The number of hydrogen-bond acceptors (Lipinski definition) is 2. The van der Waals surface area contributed by atoms with Gasteiger partial charge < -0.3 is 4.74 Å².